The molecular formula is C24H21N9O4. The molecule has 4 heterocycles. The number of tetrazole rings is 1. The van der Waals surface area contributed by atoms with Gasteiger partial charge in [0.15, 0.2) is 34.9 Å². The van der Waals surface area contributed by atoms with Crippen molar-refractivity contribution in [3.63, 3.8) is 0 Å². The maximum atomic E-state index is 12.1. The van der Waals surface area contributed by atoms with Gasteiger partial charge in [0.05, 0.1) is 16.7 Å². The predicted molar refractivity (Wildman–Crippen MR) is 132 cm³/mol. The summed E-state index contributed by atoms with van der Waals surface area (Å²) in [6.07, 6.45) is 1.60. The summed E-state index contributed by atoms with van der Waals surface area (Å²) >= 11 is 0. The summed E-state index contributed by atoms with van der Waals surface area (Å²) in [6.45, 7) is 0. The number of H-pyrrole nitrogens is 1. The summed E-state index contributed by atoms with van der Waals surface area (Å²) in [5.41, 5.74) is 2.77. The Labute approximate surface area is 208 Å². The van der Waals surface area contributed by atoms with Crippen molar-refractivity contribution in [3.8, 4) is 5.69 Å². The third-order valence-corrected chi connectivity index (χ3v) is 6.93. The first kappa shape index (κ1) is 21.5. The van der Waals surface area contributed by atoms with E-state index in [4.69, 9.17) is 14.4 Å². The van der Waals surface area contributed by atoms with Gasteiger partial charge in [0, 0.05) is 13.1 Å². The quantitative estimate of drug-likeness (QED) is 0.336. The molecule has 0 radical (unpaired) electrons. The molecule has 1 aliphatic heterocycles. The van der Waals surface area contributed by atoms with E-state index in [1.807, 2.05) is 18.2 Å². The third-order valence-electron chi connectivity index (χ3n) is 6.93. The van der Waals surface area contributed by atoms with E-state index in [0.29, 0.717) is 34.0 Å². The number of imidazole rings is 1. The maximum absolute atomic E-state index is 12.1. The highest BCUT2D eigenvalue weighted by atomic mass is 16.4. The molecule has 1 aliphatic carbocycles. The number of hydrogen-bond acceptors (Lipinski definition) is 10. The van der Waals surface area contributed by atoms with Gasteiger partial charge in [0.1, 0.15) is 5.52 Å². The van der Waals surface area contributed by atoms with Crippen molar-refractivity contribution in [1.29, 1.82) is 0 Å². The fraction of sp³-hybridized carbons (Fsp3) is 0.250. The van der Waals surface area contributed by atoms with E-state index >= 15 is 0 Å². The Kier molecular flexibility index (Phi) is 4.57. The number of para-hydroxylation sites is 2. The van der Waals surface area contributed by atoms with Gasteiger partial charge in [-0.3, -0.25) is 0 Å². The molecule has 2 aromatic carbocycles. The molecule has 0 amide bonds. The summed E-state index contributed by atoms with van der Waals surface area (Å²) in [6, 6.07) is 12.8. The zero-order valence-electron chi connectivity index (χ0n) is 19.6. The molecule has 13 heteroatoms. The molecule has 186 valence electrons. The number of amidine groups is 1. The number of nitrogens with zero attached hydrogens (tertiary/aromatic N) is 8. The average molecular weight is 499 g/mol. The summed E-state index contributed by atoms with van der Waals surface area (Å²) in [4.78, 5) is 27.6. The normalized spacial score (nSPS) is 18.6. The zero-order chi connectivity index (χ0) is 25.3. The van der Waals surface area contributed by atoms with Crippen LogP contribution in [0.3, 0.4) is 0 Å². The standard InChI is InChI=1S/C24H21N9O4/c1-31-20(27-18(19(34)23(31)35)22-26-15-7-2-3-8-17(15)37-22)21-25-14-10-9-13(33-24(36)28-29-30-33)11-16(14)32(21)12-5-4-6-12/h2-3,7-12,23,34-35H,4-6H2,1H3,(H,28,30,36). The van der Waals surface area contributed by atoms with Gasteiger partial charge >= 0.3 is 5.69 Å². The van der Waals surface area contributed by atoms with Crippen LogP contribution in [0.1, 0.15) is 37.0 Å². The van der Waals surface area contributed by atoms with E-state index < -0.39 is 11.9 Å². The van der Waals surface area contributed by atoms with Gasteiger partial charge in [-0.05, 0) is 60.0 Å². The van der Waals surface area contributed by atoms with Crippen molar-refractivity contribution in [3.05, 3.63) is 70.4 Å². The Morgan fingerprint density at radius 1 is 1.11 bits per heavy atom. The number of hydrogen-bond donors (Lipinski definition) is 3. The van der Waals surface area contributed by atoms with Gasteiger partial charge in [-0.2, -0.15) is 4.68 Å². The smallest absolute Gasteiger partial charge is 0.365 e. The molecule has 5 aromatic rings. The van der Waals surface area contributed by atoms with Crippen LogP contribution in [0.4, 0.5) is 0 Å². The first-order valence-electron chi connectivity index (χ1n) is 11.8. The van der Waals surface area contributed by atoms with Crippen LogP contribution >= 0.6 is 0 Å². The Morgan fingerprint density at radius 2 is 1.95 bits per heavy atom. The number of likely N-dealkylation sites (N-methyl/N-ethyl adjacent to an activating group) is 1. The van der Waals surface area contributed by atoms with Crippen LogP contribution in [0.15, 0.2) is 62.4 Å². The van der Waals surface area contributed by atoms with Crippen molar-refractivity contribution in [2.24, 2.45) is 4.99 Å². The maximum Gasteiger partial charge on any atom is 0.365 e. The molecule has 1 saturated carbocycles. The van der Waals surface area contributed by atoms with E-state index in [1.54, 1.807) is 31.3 Å². The number of oxazole rings is 1. The van der Waals surface area contributed by atoms with Gasteiger partial charge in [0.25, 0.3) is 0 Å². The average Bonchev–Trinajstić information content (AvgIpc) is 3.58. The van der Waals surface area contributed by atoms with Crippen molar-refractivity contribution in [2.45, 2.75) is 31.5 Å². The molecule has 3 N–H and O–H groups in total. The Bertz CT molecular complexity index is 1770. The second-order valence-electron chi connectivity index (χ2n) is 9.12. The van der Waals surface area contributed by atoms with E-state index in [9.17, 15) is 15.0 Å². The molecule has 13 nitrogen and oxygen atoms in total. The van der Waals surface area contributed by atoms with Crippen molar-refractivity contribution < 1.29 is 14.6 Å². The van der Waals surface area contributed by atoms with Gasteiger partial charge in [-0.25, -0.2) is 24.9 Å². The van der Waals surface area contributed by atoms with E-state index in [-0.39, 0.29) is 23.4 Å². The van der Waals surface area contributed by atoms with Crippen LogP contribution in [-0.2, 0) is 0 Å². The first-order valence-corrected chi connectivity index (χ1v) is 11.8. The minimum absolute atomic E-state index is 0.0406. The van der Waals surface area contributed by atoms with Crippen LogP contribution in [0.5, 0.6) is 0 Å². The van der Waals surface area contributed by atoms with E-state index in [1.165, 1.54) is 9.58 Å². The number of aliphatic hydroxyl groups is 2. The molecule has 0 bridgehead atoms. The van der Waals surface area contributed by atoms with Crippen molar-refractivity contribution in [2.75, 3.05) is 7.05 Å². The molecule has 1 fully saturated rings. The first-order chi connectivity index (χ1) is 18.0. The Hall–Kier alpha value is -4.78. The lowest BCUT2D eigenvalue weighted by molar-refractivity contribution is 0.0603. The predicted octanol–water partition coefficient (Wildman–Crippen LogP) is 2.11. The highest BCUT2D eigenvalue weighted by molar-refractivity contribution is 6.03. The minimum atomic E-state index is -1.38. The van der Waals surface area contributed by atoms with E-state index in [2.05, 4.69) is 25.1 Å². The number of aromatic nitrogens is 7. The fourth-order valence-electron chi connectivity index (χ4n) is 4.75. The molecule has 2 aliphatic rings. The number of aliphatic hydroxyl groups excluding tert-OH is 2. The topological polar surface area (TPSA) is 163 Å². The van der Waals surface area contributed by atoms with Crippen LogP contribution in [-0.4, -0.2) is 69.0 Å². The largest absolute Gasteiger partial charge is 0.506 e. The highest BCUT2D eigenvalue weighted by Crippen LogP contribution is 2.38. The number of rotatable bonds is 4. The number of fused-ring (bicyclic) bond motifs is 2. The molecule has 3 aromatic heterocycles. The minimum Gasteiger partial charge on any atom is -0.506 e. The SMILES string of the molecule is CN1C(c2nc3ccc(-n4nn[nH]c4=O)cc3n2C2CCC2)=NC(c2nc3ccccc3o2)=C(O)C1O. The lowest BCUT2D eigenvalue weighted by Gasteiger charge is -2.33. The molecule has 1 atom stereocenters. The Balaban J connectivity index is 1.42. The second-order valence-corrected chi connectivity index (χ2v) is 9.12. The monoisotopic (exact) mass is 499 g/mol. The summed E-state index contributed by atoms with van der Waals surface area (Å²) in [5.74, 6) is 0.608. The number of aliphatic imine (C=N–C) groups is 1. The van der Waals surface area contributed by atoms with Crippen molar-refractivity contribution >= 4 is 33.7 Å². The summed E-state index contributed by atoms with van der Waals surface area (Å²) < 4.78 is 9.09. The van der Waals surface area contributed by atoms with Crippen molar-refractivity contribution in [1.82, 2.24) is 39.6 Å². The third kappa shape index (κ3) is 3.20. The fourth-order valence-corrected chi connectivity index (χ4v) is 4.75. The van der Waals surface area contributed by atoms with Crippen LogP contribution in [0.2, 0.25) is 0 Å². The zero-order valence-corrected chi connectivity index (χ0v) is 19.6. The van der Waals surface area contributed by atoms with E-state index in [0.717, 1.165) is 24.8 Å². The van der Waals surface area contributed by atoms with Crippen LogP contribution in [0.25, 0.3) is 33.5 Å². The summed E-state index contributed by atoms with van der Waals surface area (Å²) in [5, 5.41) is 31.5. The van der Waals surface area contributed by atoms with Crippen LogP contribution in [0, 0.1) is 0 Å². The lowest BCUT2D eigenvalue weighted by atomic mass is 9.92. The molecule has 0 spiro atoms. The molecule has 0 saturated heterocycles. The lowest BCUT2D eigenvalue weighted by Crippen LogP contribution is -2.43. The van der Waals surface area contributed by atoms with Gasteiger partial charge in [-0.15, -0.1) is 0 Å². The molecule has 7 rings (SSSR count). The summed E-state index contributed by atoms with van der Waals surface area (Å²) in [7, 11) is 1.63. The molecular weight excluding hydrogens is 478 g/mol. The van der Waals surface area contributed by atoms with Crippen LogP contribution < -0.4 is 5.69 Å². The molecule has 1 unspecified atom stereocenters. The second kappa shape index (κ2) is 7.86. The Morgan fingerprint density at radius 3 is 2.68 bits per heavy atom. The highest BCUT2D eigenvalue weighted by Gasteiger charge is 2.36. The number of benzene rings is 2. The molecule has 37 heavy (non-hydrogen) atoms. The number of nitrogens with one attached hydrogen (secondary N) is 1. The number of aromatic amines is 1. The van der Waals surface area contributed by atoms with Gasteiger partial charge in [0.2, 0.25) is 5.89 Å². The van der Waals surface area contributed by atoms with Gasteiger partial charge < -0.3 is 24.1 Å². The van der Waals surface area contributed by atoms with Gasteiger partial charge in [-0.1, -0.05) is 12.1 Å².